The lowest BCUT2D eigenvalue weighted by Gasteiger charge is -2.24. The SMILES string of the molecule is CN(Cc1ccnn1C)C(=O)c1cn[nH]c1C1CCCCN1. The summed E-state index contributed by atoms with van der Waals surface area (Å²) in [6.45, 7) is 1.51. The van der Waals surface area contributed by atoms with Crippen molar-refractivity contribution in [3.8, 4) is 0 Å². The molecule has 1 unspecified atom stereocenters. The van der Waals surface area contributed by atoms with Gasteiger partial charge in [-0.2, -0.15) is 10.2 Å². The fourth-order valence-corrected chi connectivity index (χ4v) is 2.91. The minimum Gasteiger partial charge on any atom is -0.336 e. The Morgan fingerprint density at radius 3 is 3.05 bits per heavy atom. The van der Waals surface area contributed by atoms with Crippen LogP contribution in [-0.2, 0) is 13.6 Å². The number of aromatic amines is 1. The maximum atomic E-state index is 12.7. The number of aryl methyl sites for hydroxylation is 1. The second-order valence-electron chi connectivity index (χ2n) is 5.81. The molecule has 0 aromatic carbocycles. The van der Waals surface area contributed by atoms with Crippen LogP contribution < -0.4 is 5.32 Å². The van der Waals surface area contributed by atoms with Crippen LogP contribution in [0.1, 0.15) is 47.1 Å². The van der Waals surface area contributed by atoms with Crippen molar-refractivity contribution in [1.82, 2.24) is 30.2 Å². The highest BCUT2D eigenvalue weighted by molar-refractivity contribution is 5.95. The number of H-pyrrole nitrogens is 1. The van der Waals surface area contributed by atoms with Crippen LogP contribution in [0.25, 0.3) is 0 Å². The van der Waals surface area contributed by atoms with Gasteiger partial charge in [0.1, 0.15) is 0 Å². The van der Waals surface area contributed by atoms with Gasteiger partial charge >= 0.3 is 0 Å². The maximum Gasteiger partial charge on any atom is 0.257 e. The molecule has 2 aromatic rings. The lowest BCUT2D eigenvalue weighted by atomic mass is 9.99. The van der Waals surface area contributed by atoms with E-state index in [4.69, 9.17) is 0 Å². The standard InChI is InChI=1S/C15H22N6O/c1-20(10-11-6-8-18-21(11)2)15(22)12-9-17-19-14(12)13-5-3-4-7-16-13/h6,8-9,13,16H,3-5,7,10H2,1-2H3,(H,17,19). The third-order valence-electron chi connectivity index (χ3n) is 4.23. The zero-order valence-electron chi connectivity index (χ0n) is 13.0. The minimum atomic E-state index is -0.0164. The summed E-state index contributed by atoms with van der Waals surface area (Å²) in [5.74, 6) is -0.0164. The summed E-state index contributed by atoms with van der Waals surface area (Å²) in [6.07, 6.45) is 6.77. The number of aromatic nitrogens is 4. The summed E-state index contributed by atoms with van der Waals surface area (Å²) >= 11 is 0. The van der Waals surface area contributed by atoms with Crippen LogP contribution >= 0.6 is 0 Å². The lowest BCUT2D eigenvalue weighted by molar-refractivity contribution is 0.0780. The van der Waals surface area contributed by atoms with Crippen molar-refractivity contribution in [2.45, 2.75) is 31.8 Å². The molecule has 118 valence electrons. The zero-order chi connectivity index (χ0) is 15.5. The number of nitrogens with one attached hydrogen (secondary N) is 2. The van der Waals surface area contributed by atoms with Crippen molar-refractivity contribution in [2.24, 2.45) is 7.05 Å². The Bertz CT molecular complexity index is 640. The van der Waals surface area contributed by atoms with Crippen molar-refractivity contribution in [3.05, 3.63) is 35.4 Å². The van der Waals surface area contributed by atoms with Gasteiger partial charge in [-0.25, -0.2) is 0 Å². The summed E-state index contributed by atoms with van der Waals surface area (Å²) in [7, 11) is 3.68. The fourth-order valence-electron chi connectivity index (χ4n) is 2.91. The van der Waals surface area contributed by atoms with Crippen LogP contribution in [0.15, 0.2) is 18.5 Å². The predicted octanol–water partition coefficient (Wildman–Crippen LogP) is 1.23. The molecule has 1 atom stereocenters. The van der Waals surface area contributed by atoms with Crippen LogP contribution in [-0.4, -0.2) is 44.4 Å². The van der Waals surface area contributed by atoms with Gasteiger partial charge in [0.2, 0.25) is 0 Å². The number of rotatable bonds is 4. The van der Waals surface area contributed by atoms with Crippen molar-refractivity contribution < 1.29 is 4.79 Å². The second kappa shape index (κ2) is 6.31. The Balaban J connectivity index is 1.74. The zero-order valence-corrected chi connectivity index (χ0v) is 13.0. The van der Waals surface area contributed by atoms with Gasteiger partial charge in [-0.05, 0) is 25.5 Å². The monoisotopic (exact) mass is 302 g/mol. The van der Waals surface area contributed by atoms with Gasteiger partial charge < -0.3 is 10.2 Å². The first-order valence-corrected chi connectivity index (χ1v) is 7.66. The van der Waals surface area contributed by atoms with E-state index in [1.807, 2.05) is 13.1 Å². The normalized spacial score (nSPS) is 18.4. The molecule has 7 heteroatoms. The van der Waals surface area contributed by atoms with Crippen molar-refractivity contribution in [2.75, 3.05) is 13.6 Å². The van der Waals surface area contributed by atoms with E-state index in [0.717, 1.165) is 24.4 Å². The summed E-state index contributed by atoms with van der Waals surface area (Å²) in [6, 6.07) is 2.11. The first-order chi connectivity index (χ1) is 10.7. The van der Waals surface area contributed by atoms with Crippen LogP contribution in [0, 0.1) is 0 Å². The Morgan fingerprint density at radius 2 is 2.36 bits per heavy atom. The minimum absolute atomic E-state index is 0.0164. The van der Waals surface area contributed by atoms with Crippen LogP contribution in [0.5, 0.6) is 0 Å². The summed E-state index contributed by atoms with van der Waals surface area (Å²) < 4.78 is 1.78. The lowest BCUT2D eigenvalue weighted by Crippen LogP contribution is -2.31. The molecule has 22 heavy (non-hydrogen) atoms. The van der Waals surface area contributed by atoms with Gasteiger partial charge in [-0.3, -0.25) is 14.6 Å². The first-order valence-electron chi connectivity index (χ1n) is 7.66. The summed E-state index contributed by atoms with van der Waals surface area (Å²) in [5.41, 5.74) is 2.56. The molecule has 3 rings (SSSR count). The molecule has 1 aliphatic heterocycles. The molecule has 0 bridgehead atoms. The van der Waals surface area contributed by atoms with E-state index in [1.165, 1.54) is 12.8 Å². The highest BCUT2D eigenvalue weighted by Crippen LogP contribution is 2.24. The smallest absolute Gasteiger partial charge is 0.257 e. The highest BCUT2D eigenvalue weighted by atomic mass is 16.2. The second-order valence-corrected chi connectivity index (χ2v) is 5.81. The largest absolute Gasteiger partial charge is 0.336 e. The van der Waals surface area contributed by atoms with E-state index in [0.29, 0.717) is 12.1 Å². The van der Waals surface area contributed by atoms with Crippen molar-refractivity contribution in [1.29, 1.82) is 0 Å². The topological polar surface area (TPSA) is 78.8 Å². The fraction of sp³-hybridized carbons (Fsp3) is 0.533. The third kappa shape index (κ3) is 2.89. The van der Waals surface area contributed by atoms with E-state index in [-0.39, 0.29) is 11.9 Å². The van der Waals surface area contributed by atoms with Crippen LogP contribution in [0.2, 0.25) is 0 Å². The molecular formula is C15H22N6O. The molecule has 1 saturated heterocycles. The number of hydrogen-bond donors (Lipinski definition) is 2. The molecule has 1 aliphatic rings. The molecule has 3 heterocycles. The van der Waals surface area contributed by atoms with Crippen LogP contribution in [0.3, 0.4) is 0 Å². The van der Waals surface area contributed by atoms with E-state index in [9.17, 15) is 4.79 Å². The number of carbonyl (C=O) groups excluding carboxylic acids is 1. The van der Waals surface area contributed by atoms with E-state index >= 15 is 0 Å². The van der Waals surface area contributed by atoms with Gasteiger partial charge in [0.25, 0.3) is 5.91 Å². The maximum absolute atomic E-state index is 12.7. The average Bonchev–Trinajstić information content (AvgIpc) is 3.17. The molecule has 0 spiro atoms. The number of amides is 1. The van der Waals surface area contributed by atoms with Gasteiger partial charge in [-0.15, -0.1) is 0 Å². The Labute approximate surface area is 129 Å². The molecule has 2 aromatic heterocycles. The molecular weight excluding hydrogens is 280 g/mol. The molecule has 2 N–H and O–H groups in total. The van der Waals surface area contributed by atoms with E-state index in [2.05, 4.69) is 20.6 Å². The van der Waals surface area contributed by atoms with Gasteiger partial charge in [0.15, 0.2) is 0 Å². The number of nitrogens with zero attached hydrogens (tertiary/aromatic N) is 4. The van der Waals surface area contributed by atoms with Gasteiger partial charge in [-0.1, -0.05) is 6.42 Å². The Morgan fingerprint density at radius 1 is 1.50 bits per heavy atom. The van der Waals surface area contributed by atoms with Crippen LogP contribution in [0.4, 0.5) is 0 Å². The summed E-state index contributed by atoms with van der Waals surface area (Å²) in [4.78, 5) is 14.4. The van der Waals surface area contributed by atoms with Crippen molar-refractivity contribution >= 4 is 5.91 Å². The van der Waals surface area contributed by atoms with Gasteiger partial charge in [0, 0.05) is 26.3 Å². The molecule has 0 radical (unpaired) electrons. The molecule has 1 fully saturated rings. The summed E-state index contributed by atoms with van der Waals surface area (Å²) in [5, 5.41) is 14.7. The number of hydrogen-bond acceptors (Lipinski definition) is 4. The van der Waals surface area contributed by atoms with E-state index < -0.39 is 0 Å². The number of carbonyl (C=O) groups is 1. The predicted molar refractivity (Wildman–Crippen MR) is 82.2 cm³/mol. The number of piperidine rings is 1. The van der Waals surface area contributed by atoms with E-state index in [1.54, 1.807) is 29.0 Å². The average molecular weight is 302 g/mol. The first kappa shape index (κ1) is 14.8. The molecule has 0 aliphatic carbocycles. The Hall–Kier alpha value is -2.15. The Kier molecular flexibility index (Phi) is 4.24. The highest BCUT2D eigenvalue weighted by Gasteiger charge is 2.25. The molecule has 7 nitrogen and oxygen atoms in total. The quantitative estimate of drug-likeness (QED) is 0.890. The van der Waals surface area contributed by atoms with Crippen molar-refractivity contribution in [3.63, 3.8) is 0 Å². The molecule has 0 saturated carbocycles. The third-order valence-corrected chi connectivity index (χ3v) is 4.23. The van der Waals surface area contributed by atoms with Gasteiger partial charge in [0.05, 0.1) is 29.7 Å². The molecule has 1 amide bonds.